The van der Waals surface area contributed by atoms with Gasteiger partial charge in [0.15, 0.2) is 0 Å². The third-order valence-corrected chi connectivity index (χ3v) is 4.39. The Balaban J connectivity index is 1.64. The van der Waals surface area contributed by atoms with E-state index >= 15 is 0 Å². The standard InChI is InChI=1S/C16H23NO2/c1-18-15-7-3-2-5-13(15)11-17-9-8-16-14(12-17)6-4-10-19-16/h2-3,5,7,14,16H,4,6,8-12H2,1H3/t14-,16+/m0/s1. The van der Waals surface area contributed by atoms with Crippen LogP contribution in [0.25, 0.3) is 0 Å². The van der Waals surface area contributed by atoms with Crippen molar-refractivity contribution in [2.45, 2.75) is 31.9 Å². The molecule has 2 saturated heterocycles. The largest absolute Gasteiger partial charge is 0.496 e. The molecule has 0 aliphatic carbocycles. The molecule has 1 aromatic rings. The van der Waals surface area contributed by atoms with Crippen molar-refractivity contribution in [3.8, 4) is 5.75 Å². The number of likely N-dealkylation sites (tertiary alicyclic amines) is 1. The molecule has 2 fully saturated rings. The minimum atomic E-state index is 0.516. The van der Waals surface area contributed by atoms with Crippen LogP contribution in [0.5, 0.6) is 5.75 Å². The van der Waals surface area contributed by atoms with Gasteiger partial charge in [-0.1, -0.05) is 18.2 Å². The van der Waals surface area contributed by atoms with Gasteiger partial charge in [-0.2, -0.15) is 0 Å². The Kier molecular flexibility index (Phi) is 4.04. The Morgan fingerprint density at radius 3 is 3.11 bits per heavy atom. The molecule has 3 heteroatoms. The summed E-state index contributed by atoms with van der Waals surface area (Å²) >= 11 is 0. The molecular formula is C16H23NO2. The Labute approximate surface area is 115 Å². The number of rotatable bonds is 3. The van der Waals surface area contributed by atoms with Crippen LogP contribution in [0.15, 0.2) is 24.3 Å². The number of hydrogen-bond donors (Lipinski definition) is 0. The van der Waals surface area contributed by atoms with Crippen molar-refractivity contribution in [1.29, 1.82) is 0 Å². The summed E-state index contributed by atoms with van der Waals surface area (Å²) in [5, 5.41) is 0. The van der Waals surface area contributed by atoms with Crippen LogP contribution < -0.4 is 4.74 Å². The van der Waals surface area contributed by atoms with Crippen LogP contribution >= 0.6 is 0 Å². The van der Waals surface area contributed by atoms with Gasteiger partial charge in [-0.25, -0.2) is 0 Å². The molecule has 0 spiro atoms. The molecule has 1 aromatic carbocycles. The van der Waals surface area contributed by atoms with Gasteiger partial charge in [0.25, 0.3) is 0 Å². The summed E-state index contributed by atoms with van der Waals surface area (Å²) in [5.74, 6) is 1.74. The molecular weight excluding hydrogens is 238 g/mol. The SMILES string of the molecule is COc1ccccc1CN1CC[C@H]2OCCC[C@H]2C1. The Morgan fingerprint density at radius 1 is 1.32 bits per heavy atom. The lowest BCUT2D eigenvalue weighted by atomic mass is 9.88. The summed E-state index contributed by atoms with van der Waals surface area (Å²) in [4.78, 5) is 2.55. The highest BCUT2D eigenvalue weighted by Crippen LogP contribution is 2.30. The normalized spacial score (nSPS) is 27.8. The molecule has 2 atom stereocenters. The number of fused-ring (bicyclic) bond motifs is 1. The summed E-state index contributed by atoms with van der Waals surface area (Å²) in [6, 6.07) is 8.34. The van der Waals surface area contributed by atoms with Crippen LogP contribution in [-0.2, 0) is 11.3 Å². The third-order valence-electron chi connectivity index (χ3n) is 4.39. The fraction of sp³-hybridized carbons (Fsp3) is 0.625. The molecule has 3 nitrogen and oxygen atoms in total. The van der Waals surface area contributed by atoms with Crippen LogP contribution in [0.3, 0.4) is 0 Å². The first-order valence-electron chi connectivity index (χ1n) is 7.32. The number of ether oxygens (including phenoxy) is 2. The molecule has 3 rings (SSSR count). The van der Waals surface area contributed by atoms with Crippen molar-refractivity contribution in [1.82, 2.24) is 4.90 Å². The van der Waals surface area contributed by atoms with E-state index in [-0.39, 0.29) is 0 Å². The van der Waals surface area contributed by atoms with E-state index in [0.29, 0.717) is 6.10 Å². The monoisotopic (exact) mass is 261 g/mol. The second-order valence-corrected chi connectivity index (χ2v) is 5.65. The Bertz CT molecular complexity index is 421. The maximum Gasteiger partial charge on any atom is 0.123 e. The van der Waals surface area contributed by atoms with Crippen LogP contribution in [0, 0.1) is 5.92 Å². The van der Waals surface area contributed by atoms with E-state index in [2.05, 4.69) is 17.0 Å². The molecule has 2 aliphatic heterocycles. The van der Waals surface area contributed by atoms with E-state index in [1.54, 1.807) is 7.11 Å². The van der Waals surface area contributed by atoms with Gasteiger partial charge in [0.05, 0.1) is 13.2 Å². The van der Waals surface area contributed by atoms with Crippen molar-refractivity contribution in [2.24, 2.45) is 5.92 Å². The first-order valence-corrected chi connectivity index (χ1v) is 7.32. The summed E-state index contributed by atoms with van der Waals surface area (Å²) in [6.07, 6.45) is 4.25. The zero-order valence-corrected chi connectivity index (χ0v) is 11.7. The average Bonchev–Trinajstić information content (AvgIpc) is 2.48. The lowest BCUT2D eigenvalue weighted by molar-refractivity contribution is -0.0676. The van der Waals surface area contributed by atoms with E-state index in [9.17, 15) is 0 Å². The zero-order valence-electron chi connectivity index (χ0n) is 11.7. The molecule has 0 aromatic heterocycles. The second kappa shape index (κ2) is 5.93. The van der Waals surface area contributed by atoms with E-state index in [0.717, 1.165) is 31.4 Å². The highest BCUT2D eigenvalue weighted by molar-refractivity contribution is 5.33. The van der Waals surface area contributed by atoms with Gasteiger partial charge < -0.3 is 9.47 Å². The minimum absolute atomic E-state index is 0.516. The zero-order chi connectivity index (χ0) is 13.1. The lowest BCUT2D eigenvalue weighted by Crippen LogP contribution is -2.45. The van der Waals surface area contributed by atoms with Gasteiger partial charge in [-0.05, 0) is 31.2 Å². The number of piperidine rings is 1. The molecule has 0 radical (unpaired) electrons. The summed E-state index contributed by atoms with van der Waals surface area (Å²) in [6.45, 7) is 4.27. The van der Waals surface area contributed by atoms with Crippen molar-refractivity contribution >= 4 is 0 Å². The smallest absolute Gasteiger partial charge is 0.123 e. The maximum absolute atomic E-state index is 5.87. The fourth-order valence-corrected chi connectivity index (χ4v) is 3.38. The average molecular weight is 261 g/mol. The van der Waals surface area contributed by atoms with Gasteiger partial charge in [0.2, 0.25) is 0 Å². The molecule has 0 N–H and O–H groups in total. The van der Waals surface area contributed by atoms with Crippen molar-refractivity contribution in [2.75, 3.05) is 26.8 Å². The highest BCUT2D eigenvalue weighted by atomic mass is 16.5. The highest BCUT2D eigenvalue weighted by Gasteiger charge is 2.32. The van der Waals surface area contributed by atoms with E-state index in [4.69, 9.17) is 9.47 Å². The number of hydrogen-bond acceptors (Lipinski definition) is 3. The molecule has 0 bridgehead atoms. The third kappa shape index (κ3) is 2.93. The molecule has 104 valence electrons. The van der Waals surface area contributed by atoms with Crippen molar-refractivity contribution < 1.29 is 9.47 Å². The number of benzene rings is 1. The van der Waals surface area contributed by atoms with E-state index < -0.39 is 0 Å². The Morgan fingerprint density at radius 2 is 2.21 bits per heavy atom. The fourth-order valence-electron chi connectivity index (χ4n) is 3.38. The van der Waals surface area contributed by atoms with Crippen LogP contribution in [0.1, 0.15) is 24.8 Å². The first kappa shape index (κ1) is 12.9. The summed E-state index contributed by atoms with van der Waals surface area (Å²) < 4.78 is 11.3. The maximum atomic E-state index is 5.87. The van der Waals surface area contributed by atoms with E-state index in [1.807, 2.05) is 12.1 Å². The molecule has 19 heavy (non-hydrogen) atoms. The van der Waals surface area contributed by atoms with Crippen molar-refractivity contribution in [3.05, 3.63) is 29.8 Å². The minimum Gasteiger partial charge on any atom is -0.496 e. The topological polar surface area (TPSA) is 21.7 Å². The summed E-state index contributed by atoms with van der Waals surface area (Å²) in [7, 11) is 1.75. The molecule has 2 heterocycles. The van der Waals surface area contributed by atoms with Crippen LogP contribution in [0.2, 0.25) is 0 Å². The van der Waals surface area contributed by atoms with Gasteiger partial charge in [0, 0.05) is 31.8 Å². The van der Waals surface area contributed by atoms with Gasteiger partial charge >= 0.3 is 0 Å². The second-order valence-electron chi connectivity index (χ2n) is 5.65. The number of methoxy groups -OCH3 is 1. The van der Waals surface area contributed by atoms with Gasteiger partial charge in [-0.15, -0.1) is 0 Å². The quantitative estimate of drug-likeness (QED) is 0.835. The summed E-state index contributed by atoms with van der Waals surface area (Å²) in [5.41, 5.74) is 1.29. The molecule has 0 saturated carbocycles. The predicted molar refractivity (Wildman–Crippen MR) is 75.4 cm³/mol. The predicted octanol–water partition coefficient (Wildman–Crippen LogP) is 2.70. The van der Waals surface area contributed by atoms with E-state index in [1.165, 1.54) is 31.4 Å². The molecule has 2 aliphatic rings. The molecule has 0 unspecified atom stereocenters. The van der Waals surface area contributed by atoms with Crippen LogP contribution in [-0.4, -0.2) is 37.8 Å². The number of nitrogens with zero attached hydrogens (tertiary/aromatic N) is 1. The molecule has 0 amide bonds. The Hall–Kier alpha value is -1.06. The first-order chi connectivity index (χ1) is 9.36. The van der Waals surface area contributed by atoms with Gasteiger partial charge in [0.1, 0.15) is 5.75 Å². The number of para-hydroxylation sites is 1. The van der Waals surface area contributed by atoms with Gasteiger partial charge in [-0.3, -0.25) is 4.90 Å². The lowest BCUT2D eigenvalue weighted by Gasteiger charge is -2.41. The van der Waals surface area contributed by atoms with Crippen LogP contribution in [0.4, 0.5) is 0 Å². The van der Waals surface area contributed by atoms with Crippen molar-refractivity contribution in [3.63, 3.8) is 0 Å².